The molecule has 1 aliphatic carbocycles. The summed E-state index contributed by atoms with van der Waals surface area (Å²) in [7, 11) is 0. The highest BCUT2D eigenvalue weighted by Crippen LogP contribution is 2.44. The summed E-state index contributed by atoms with van der Waals surface area (Å²) in [4.78, 5) is 50.3. The smallest absolute Gasteiger partial charge is 0.338 e. The number of nitrogens with zero attached hydrogens (tertiary/aromatic N) is 2. The third-order valence-electron chi connectivity index (χ3n) is 6.85. The molecule has 1 heterocycles. The van der Waals surface area contributed by atoms with Crippen molar-refractivity contribution in [1.29, 1.82) is 0 Å². The zero-order valence-corrected chi connectivity index (χ0v) is 23.5. The van der Waals surface area contributed by atoms with Gasteiger partial charge in [-0.05, 0) is 66.9 Å². The Morgan fingerprint density at radius 2 is 1.36 bits per heavy atom. The number of non-ortho nitro benzene ring substituents is 1. The van der Waals surface area contributed by atoms with Gasteiger partial charge >= 0.3 is 5.97 Å². The zero-order chi connectivity index (χ0) is 27.7. The Hall–Kier alpha value is -3.57. The first-order valence-electron chi connectivity index (χ1n) is 12.2. The van der Waals surface area contributed by atoms with Crippen molar-refractivity contribution in [1.82, 2.24) is 0 Å². The first-order chi connectivity index (χ1) is 18.7. The summed E-state index contributed by atoms with van der Waals surface area (Å²) in [5.74, 6) is -0.643. The van der Waals surface area contributed by atoms with Crippen molar-refractivity contribution < 1.29 is 28.8 Å². The number of halogens is 2. The molecule has 3 aromatic rings. The Morgan fingerprint density at radius 3 is 1.87 bits per heavy atom. The molecule has 3 aromatic carbocycles. The molecule has 2 fully saturated rings. The fourth-order valence-electron chi connectivity index (χ4n) is 4.75. The Bertz CT molecular complexity index is 1380. The van der Waals surface area contributed by atoms with Crippen LogP contribution < -0.4 is 9.64 Å². The van der Waals surface area contributed by atoms with E-state index in [0.29, 0.717) is 35.6 Å². The number of esters is 1. The molecule has 0 unspecified atom stereocenters. The number of nitro benzene ring substituents is 1. The van der Waals surface area contributed by atoms with E-state index in [2.05, 4.69) is 31.9 Å². The fourth-order valence-corrected chi connectivity index (χ4v) is 5.99. The number of benzene rings is 3. The summed E-state index contributed by atoms with van der Waals surface area (Å²) in [6, 6.07) is 18.9. The maximum absolute atomic E-state index is 13.0. The molecule has 1 saturated carbocycles. The number of hydrogen-bond donors (Lipinski definition) is 0. The number of alkyl halides is 2. The maximum Gasteiger partial charge on any atom is 0.338 e. The van der Waals surface area contributed by atoms with Crippen molar-refractivity contribution in [2.75, 3.05) is 4.90 Å². The van der Waals surface area contributed by atoms with Gasteiger partial charge in [0.1, 0.15) is 18.1 Å². The van der Waals surface area contributed by atoms with Crippen LogP contribution in [-0.2, 0) is 20.9 Å². The SMILES string of the molecule is O=C(OCc1ccc(Oc2ccc([N+](=O)[O-])cc2)cc1)c1ccc(N2C(=O)[C@H]3C[C@@H](Br)[C@@H](Br)C[C@H]3C2=O)cc1. The molecule has 4 atom stereocenters. The first kappa shape index (κ1) is 27.0. The lowest BCUT2D eigenvalue weighted by Crippen LogP contribution is -2.34. The highest BCUT2D eigenvalue weighted by Gasteiger charge is 2.52. The third-order valence-corrected chi connectivity index (χ3v) is 9.58. The summed E-state index contributed by atoms with van der Waals surface area (Å²) in [6.45, 7) is 0.0340. The van der Waals surface area contributed by atoms with E-state index in [-0.39, 0.29) is 45.6 Å². The van der Waals surface area contributed by atoms with Gasteiger partial charge in [0, 0.05) is 21.8 Å². The minimum Gasteiger partial charge on any atom is -0.457 e. The van der Waals surface area contributed by atoms with Crippen LogP contribution in [0, 0.1) is 22.0 Å². The van der Waals surface area contributed by atoms with E-state index in [1.807, 2.05) is 0 Å². The van der Waals surface area contributed by atoms with Crippen molar-refractivity contribution in [3.05, 3.63) is 94.0 Å². The second-order valence-electron chi connectivity index (χ2n) is 9.35. The van der Waals surface area contributed by atoms with E-state index in [0.717, 1.165) is 5.56 Å². The van der Waals surface area contributed by atoms with Crippen LogP contribution >= 0.6 is 31.9 Å². The molecule has 39 heavy (non-hydrogen) atoms. The van der Waals surface area contributed by atoms with Gasteiger partial charge in [-0.1, -0.05) is 44.0 Å². The molecule has 200 valence electrons. The largest absolute Gasteiger partial charge is 0.457 e. The fraction of sp³-hybridized carbons (Fsp3) is 0.250. The van der Waals surface area contributed by atoms with Gasteiger partial charge < -0.3 is 9.47 Å². The van der Waals surface area contributed by atoms with Crippen LogP contribution in [-0.4, -0.2) is 32.4 Å². The van der Waals surface area contributed by atoms with Crippen molar-refractivity contribution in [3.63, 3.8) is 0 Å². The van der Waals surface area contributed by atoms with Gasteiger partial charge in [-0.3, -0.25) is 24.6 Å². The summed E-state index contributed by atoms with van der Waals surface area (Å²) in [5, 5.41) is 10.8. The molecule has 11 heteroatoms. The van der Waals surface area contributed by atoms with E-state index in [9.17, 15) is 24.5 Å². The monoisotopic (exact) mass is 656 g/mol. The molecule has 5 rings (SSSR count). The molecule has 1 saturated heterocycles. The quantitative estimate of drug-likeness (QED) is 0.0981. The second-order valence-corrected chi connectivity index (χ2v) is 11.7. The van der Waals surface area contributed by atoms with E-state index in [1.165, 1.54) is 29.2 Å². The van der Waals surface area contributed by atoms with Gasteiger partial charge in [0.2, 0.25) is 11.8 Å². The number of nitro groups is 1. The molecule has 0 spiro atoms. The summed E-state index contributed by atoms with van der Waals surface area (Å²) >= 11 is 7.18. The number of carbonyl (C=O) groups is 3. The molecule has 0 aromatic heterocycles. The third kappa shape index (κ3) is 5.74. The highest BCUT2D eigenvalue weighted by atomic mass is 79.9. The number of anilines is 1. The number of hydrogen-bond acceptors (Lipinski definition) is 7. The van der Waals surface area contributed by atoms with Gasteiger partial charge in [-0.2, -0.15) is 0 Å². The van der Waals surface area contributed by atoms with E-state index in [4.69, 9.17) is 9.47 Å². The number of ether oxygens (including phenoxy) is 2. The molecule has 1 aliphatic heterocycles. The Morgan fingerprint density at radius 1 is 0.846 bits per heavy atom. The van der Waals surface area contributed by atoms with Crippen LogP contribution in [0.5, 0.6) is 11.5 Å². The predicted molar refractivity (Wildman–Crippen MR) is 149 cm³/mol. The Balaban J connectivity index is 1.16. The predicted octanol–water partition coefficient (Wildman–Crippen LogP) is 6.17. The summed E-state index contributed by atoms with van der Waals surface area (Å²) in [6.07, 6.45) is 1.19. The lowest BCUT2D eigenvalue weighted by Gasteiger charge is -2.29. The zero-order valence-electron chi connectivity index (χ0n) is 20.4. The molecule has 0 bridgehead atoms. The molecular formula is C28H22Br2N2O7. The van der Waals surface area contributed by atoms with E-state index >= 15 is 0 Å². The van der Waals surface area contributed by atoms with Crippen LogP contribution in [0.4, 0.5) is 11.4 Å². The van der Waals surface area contributed by atoms with Gasteiger partial charge in [-0.15, -0.1) is 0 Å². The van der Waals surface area contributed by atoms with Crippen molar-refractivity contribution in [2.45, 2.75) is 29.1 Å². The number of carbonyl (C=O) groups excluding carboxylic acids is 3. The van der Waals surface area contributed by atoms with Crippen LogP contribution in [0.2, 0.25) is 0 Å². The van der Waals surface area contributed by atoms with Crippen molar-refractivity contribution in [3.8, 4) is 11.5 Å². The topological polar surface area (TPSA) is 116 Å². The second kappa shape index (κ2) is 11.3. The molecule has 2 aliphatic rings. The minimum absolute atomic E-state index is 0.0223. The van der Waals surface area contributed by atoms with Gasteiger partial charge in [0.15, 0.2) is 0 Å². The number of rotatable bonds is 7. The lowest BCUT2D eigenvalue weighted by atomic mass is 9.81. The van der Waals surface area contributed by atoms with Gasteiger partial charge in [0.05, 0.1) is 28.0 Å². The Kier molecular flexibility index (Phi) is 7.81. The summed E-state index contributed by atoms with van der Waals surface area (Å²) in [5.41, 5.74) is 1.46. The van der Waals surface area contributed by atoms with E-state index < -0.39 is 10.9 Å². The number of amides is 2. The molecule has 2 amide bonds. The standard InChI is InChI=1S/C28H22Br2N2O7/c29-24-13-22-23(14-25(24)30)27(34)31(26(22)33)18-5-3-17(4-6-18)28(35)38-15-16-1-9-20(10-2-16)39-21-11-7-19(8-12-21)32(36)37/h1-12,22-25H,13-15H2/t22-,23+,24+,25-. The first-order valence-corrected chi connectivity index (χ1v) is 14.0. The van der Waals surface area contributed by atoms with Crippen molar-refractivity contribution >= 4 is 61.0 Å². The van der Waals surface area contributed by atoms with E-state index in [1.54, 1.807) is 48.5 Å². The van der Waals surface area contributed by atoms with Crippen LogP contribution in [0.25, 0.3) is 0 Å². The summed E-state index contributed by atoms with van der Waals surface area (Å²) < 4.78 is 11.1. The molecule has 0 radical (unpaired) electrons. The molecular weight excluding hydrogens is 636 g/mol. The average Bonchev–Trinajstić information content (AvgIpc) is 3.17. The number of imide groups is 1. The maximum atomic E-state index is 13.0. The lowest BCUT2D eigenvalue weighted by molar-refractivity contribution is -0.384. The molecule has 9 nitrogen and oxygen atoms in total. The van der Waals surface area contributed by atoms with Crippen LogP contribution in [0.3, 0.4) is 0 Å². The number of fused-ring (bicyclic) bond motifs is 1. The van der Waals surface area contributed by atoms with Crippen LogP contribution in [0.15, 0.2) is 72.8 Å². The van der Waals surface area contributed by atoms with Gasteiger partial charge in [-0.25, -0.2) is 4.79 Å². The normalized spacial score (nSPS) is 22.4. The minimum atomic E-state index is -0.537. The highest BCUT2D eigenvalue weighted by molar-refractivity contribution is 9.12. The average molecular weight is 658 g/mol. The van der Waals surface area contributed by atoms with Gasteiger partial charge in [0.25, 0.3) is 5.69 Å². The molecule has 0 N–H and O–H groups in total. The Labute approximate surface area is 240 Å². The van der Waals surface area contributed by atoms with Crippen LogP contribution in [0.1, 0.15) is 28.8 Å². The van der Waals surface area contributed by atoms with Crippen molar-refractivity contribution in [2.24, 2.45) is 11.8 Å².